The molecule has 0 amide bonds. The second-order valence-corrected chi connectivity index (χ2v) is 6.92. The first-order chi connectivity index (χ1) is 9.15. The highest BCUT2D eigenvalue weighted by molar-refractivity contribution is 7.99. The molecule has 1 aliphatic rings. The van der Waals surface area contributed by atoms with Gasteiger partial charge in [0, 0.05) is 17.0 Å². The van der Waals surface area contributed by atoms with Gasteiger partial charge in [-0.1, -0.05) is 25.0 Å². The first-order valence-corrected chi connectivity index (χ1v) is 8.34. The Morgan fingerprint density at radius 1 is 1.32 bits per heavy atom. The van der Waals surface area contributed by atoms with Crippen molar-refractivity contribution < 1.29 is 4.74 Å². The highest BCUT2D eigenvalue weighted by Crippen LogP contribution is 2.31. The molecule has 1 aromatic rings. The molecule has 1 aliphatic carbocycles. The number of hydrogen-bond donors (Lipinski definition) is 1. The standard InChI is InChI=1S/C16H25NOS/c1-12(2)18-14-7-5-6-13(10-14)16(17)11-19-15-8-3-4-9-15/h5-7,10,12,15-16H,3-4,8-9,11,17H2,1-2H3. The number of rotatable bonds is 6. The smallest absolute Gasteiger partial charge is 0.120 e. The summed E-state index contributed by atoms with van der Waals surface area (Å²) in [5.41, 5.74) is 7.48. The summed E-state index contributed by atoms with van der Waals surface area (Å²) in [7, 11) is 0. The summed E-state index contributed by atoms with van der Waals surface area (Å²) in [6.07, 6.45) is 5.73. The van der Waals surface area contributed by atoms with E-state index in [0.29, 0.717) is 0 Å². The van der Waals surface area contributed by atoms with E-state index in [1.807, 2.05) is 37.7 Å². The maximum atomic E-state index is 6.30. The van der Waals surface area contributed by atoms with E-state index in [4.69, 9.17) is 10.5 Å². The molecule has 0 heterocycles. The lowest BCUT2D eigenvalue weighted by molar-refractivity contribution is 0.242. The number of nitrogens with two attached hydrogens (primary N) is 1. The molecule has 2 nitrogen and oxygen atoms in total. The van der Waals surface area contributed by atoms with Gasteiger partial charge in [0.15, 0.2) is 0 Å². The van der Waals surface area contributed by atoms with Crippen LogP contribution in [-0.4, -0.2) is 17.1 Å². The van der Waals surface area contributed by atoms with Crippen LogP contribution in [0.3, 0.4) is 0 Å². The van der Waals surface area contributed by atoms with Gasteiger partial charge < -0.3 is 10.5 Å². The van der Waals surface area contributed by atoms with E-state index in [-0.39, 0.29) is 12.1 Å². The molecule has 0 radical (unpaired) electrons. The lowest BCUT2D eigenvalue weighted by Crippen LogP contribution is -2.15. The Bertz CT molecular complexity index is 388. The summed E-state index contributed by atoms with van der Waals surface area (Å²) in [6, 6.07) is 8.33. The minimum absolute atomic E-state index is 0.112. The normalized spacial score (nSPS) is 17.9. The van der Waals surface area contributed by atoms with Gasteiger partial charge in [-0.25, -0.2) is 0 Å². The zero-order valence-corrected chi connectivity index (χ0v) is 12.8. The number of benzene rings is 1. The van der Waals surface area contributed by atoms with Crippen LogP contribution in [0.5, 0.6) is 5.75 Å². The second-order valence-electron chi connectivity index (χ2n) is 5.59. The van der Waals surface area contributed by atoms with Gasteiger partial charge in [0.05, 0.1) is 6.10 Å². The maximum Gasteiger partial charge on any atom is 0.120 e. The van der Waals surface area contributed by atoms with Crippen molar-refractivity contribution in [2.24, 2.45) is 5.73 Å². The Labute approximate surface area is 121 Å². The lowest BCUT2D eigenvalue weighted by Gasteiger charge is -2.16. The molecule has 0 spiro atoms. The number of hydrogen-bond acceptors (Lipinski definition) is 3. The van der Waals surface area contributed by atoms with E-state index in [1.54, 1.807) is 0 Å². The molecule has 106 valence electrons. The van der Waals surface area contributed by atoms with Crippen LogP contribution in [0.2, 0.25) is 0 Å². The van der Waals surface area contributed by atoms with Crippen molar-refractivity contribution in [3.8, 4) is 5.75 Å². The van der Waals surface area contributed by atoms with Crippen LogP contribution >= 0.6 is 11.8 Å². The number of thioether (sulfide) groups is 1. The van der Waals surface area contributed by atoms with E-state index in [0.717, 1.165) is 16.8 Å². The molecule has 1 aromatic carbocycles. The molecule has 0 aromatic heterocycles. The SMILES string of the molecule is CC(C)Oc1cccc(C(N)CSC2CCCC2)c1. The van der Waals surface area contributed by atoms with Crippen molar-refractivity contribution >= 4 is 11.8 Å². The van der Waals surface area contributed by atoms with E-state index in [9.17, 15) is 0 Å². The molecular weight excluding hydrogens is 254 g/mol. The lowest BCUT2D eigenvalue weighted by atomic mass is 10.1. The van der Waals surface area contributed by atoms with Gasteiger partial charge in [-0.3, -0.25) is 0 Å². The number of ether oxygens (including phenoxy) is 1. The predicted octanol–water partition coefficient (Wildman–Crippen LogP) is 4.15. The van der Waals surface area contributed by atoms with E-state index in [2.05, 4.69) is 12.1 Å². The topological polar surface area (TPSA) is 35.2 Å². The third-order valence-corrected chi connectivity index (χ3v) is 4.97. The van der Waals surface area contributed by atoms with Gasteiger partial charge in [-0.05, 0) is 44.4 Å². The zero-order valence-electron chi connectivity index (χ0n) is 12.0. The highest BCUT2D eigenvalue weighted by atomic mass is 32.2. The van der Waals surface area contributed by atoms with Gasteiger partial charge in [0.2, 0.25) is 0 Å². The average molecular weight is 279 g/mol. The molecule has 1 atom stereocenters. The van der Waals surface area contributed by atoms with Gasteiger partial charge >= 0.3 is 0 Å². The molecular formula is C16H25NOS. The van der Waals surface area contributed by atoms with Crippen molar-refractivity contribution in [3.05, 3.63) is 29.8 Å². The Morgan fingerprint density at radius 3 is 2.74 bits per heavy atom. The maximum absolute atomic E-state index is 6.30. The fraction of sp³-hybridized carbons (Fsp3) is 0.625. The second kappa shape index (κ2) is 7.20. The summed E-state index contributed by atoms with van der Waals surface area (Å²) in [6.45, 7) is 4.09. The third kappa shape index (κ3) is 4.73. The molecule has 19 heavy (non-hydrogen) atoms. The first kappa shape index (κ1) is 14.7. The fourth-order valence-electron chi connectivity index (χ4n) is 2.48. The van der Waals surface area contributed by atoms with E-state index >= 15 is 0 Å². The van der Waals surface area contributed by atoms with Gasteiger partial charge in [-0.2, -0.15) is 11.8 Å². The molecule has 2 N–H and O–H groups in total. The Kier molecular flexibility index (Phi) is 5.59. The molecule has 1 saturated carbocycles. The van der Waals surface area contributed by atoms with Crippen molar-refractivity contribution in [1.29, 1.82) is 0 Å². The molecule has 0 aliphatic heterocycles. The monoisotopic (exact) mass is 279 g/mol. The fourth-order valence-corrected chi connectivity index (χ4v) is 3.82. The summed E-state index contributed by atoms with van der Waals surface area (Å²) in [5.74, 6) is 1.93. The summed E-state index contributed by atoms with van der Waals surface area (Å²) < 4.78 is 5.72. The van der Waals surface area contributed by atoms with E-state index < -0.39 is 0 Å². The Morgan fingerprint density at radius 2 is 2.05 bits per heavy atom. The average Bonchev–Trinajstić information content (AvgIpc) is 2.88. The van der Waals surface area contributed by atoms with Crippen molar-refractivity contribution in [3.63, 3.8) is 0 Å². The van der Waals surface area contributed by atoms with E-state index in [1.165, 1.54) is 31.2 Å². The summed E-state index contributed by atoms with van der Waals surface area (Å²) in [5, 5.41) is 0.834. The quantitative estimate of drug-likeness (QED) is 0.849. The minimum Gasteiger partial charge on any atom is -0.491 e. The Hall–Kier alpha value is -0.670. The van der Waals surface area contributed by atoms with Crippen LogP contribution in [0.25, 0.3) is 0 Å². The largest absolute Gasteiger partial charge is 0.491 e. The first-order valence-electron chi connectivity index (χ1n) is 7.29. The van der Waals surface area contributed by atoms with Gasteiger partial charge in [-0.15, -0.1) is 0 Å². The van der Waals surface area contributed by atoms with Gasteiger partial charge in [0.1, 0.15) is 5.75 Å². The third-order valence-electron chi connectivity index (χ3n) is 3.47. The molecule has 3 heteroatoms. The van der Waals surface area contributed by atoms with Crippen LogP contribution in [0.1, 0.15) is 51.1 Å². The Balaban J connectivity index is 1.88. The van der Waals surface area contributed by atoms with Crippen LogP contribution in [0, 0.1) is 0 Å². The summed E-state index contributed by atoms with van der Waals surface area (Å²) in [4.78, 5) is 0. The van der Waals surface area contributed by atoms with Crippen LogP contribution < -0.4 is 10.5 Å². The van der Waals surface area contributed by atoms with Crippen molar-refractivity contribution in [1.82, 2.24) is 0 Å². The summed E-state index contributed by atoms with van der Waals surface area (Å²) >= 11 is 2.04. The molecule has 1 fully saturated rings. The minimum atomic E-state index is 0.112. The molecule has 1 unspecified atom stereocenters. The van der Waals surface area contributed by atoms with Crippen molar-refractivity contribution in [2.45, 2.75) is 56.9 Å². The van der Waals surface area contributed by atoms with Gasteiger partial charge in [0.25, 0.3) is 0 Å². The van der Waals surface area contributed by atoms with Crippen LogP contribution in [0.4, 0.5) is 0 Å². The highest BCUT2D eigenvalue weighted by Gasteiger charge is 2.17. The molecule has 0 saturated heterocycles. The van der Waals surface area contributed by atoms with Crippen LogP contribution in [-0.2, 0) is 0 Å². The van der Waals surface area contributed by atoms with Crippen molar-refractivity contribution in [2.75, 3.05) is 5.75 Å². The van der Waals surface area contributed by atoms with Crippen LogP contribution in [0.15, 0.2) is 24.3 Å². The predicted molar refractivity (Wildman–Crippen MR) is 83.8 cm³/mol. The molecule has 2 rings (SSSR count). The molecule has 0 bridgehead atoms. The zero-order chi connectivity index (χ0) is 13.7.